The summed E-state index contributed by atoms with van der Waals surface area (Å²) in [5, 5.41) is 0. The first kappa shape index (κ1) is 12.0. The lowest BCUT2D eigenvalue weighted by atomic mass is 10.0. The van der Waals surface area contributed by atoms with E-state index in [1.165, 1.54) is 0 Å². The average Bonchev–Trinajstić information content (AvgIpc) is 2.33. The molecule has 1 aliphatic heterocycles. The Morgan fingerprint density at radius 3 is 2.59 bits per heavy atom. The van der Waals surface area contributed by atoms with Crippen molar-refractivity contribution in [2.45, 2.75) is 5.54 Å². The molecule has 92 valence electrons. The standard InChI is InChI=1S/C12H15NO4/c13-12(6-15-7-12)8-16-9-17-11-3-1-10(5-14)2-4-11/h1-5H,6-9,13H2. The van der Waals surface area contributed by atoms with Crippen LogP contribution in [-0.4, -0.2) is 38.4 Å². The summed E-state index contributed by atoms with van der Waals surface area (Å²) in [6, 6.07) is 6.81. The van der Waals surface area contributed by atoms with Gasteiger partial charge in [0.2, 0.25) is 0 Å². The summed E-state index contributed by atoms with van der Waals surface area (Å²) < 4.78 is 15.6. The fourth-order valence-electron chi connectivity index (χ4n) is 1.44. The molecule has 2 N–H and O–H groups in total. The molecule has 1 fully saturated rings. The van der Waals surface area contributed by atoms with E-state index in [2.05, 4.69) is 0 Å². The van der Waals surface area contributed by atoms with Gasteiger partial charge in [0, 0.05) is 5.56 Å². The van der Waals surface area contributed by atoms with E-state index in [1.54, 1.807) is 24.3 Å². The predicted octanol–water partition coefficient (Wildman–Crippen LogP) is 0.580. The third-order valence-electron chi connectivity index (χ3n) is 2.49. The van der Waals surface area contributed by atoms with Crippen molar-refractivity contribution in [3.63, 3.8) is 0 Å². The van der Waals surface area contributed by atoms with Crippen LogP contribution in [0.25, 0.3) is 0 Å². The van der Waals surface area contributed by atoms with Crippen LogP contribution in [0.15, 0.2) is 24.3 Å². The maximum absolute atomic E-state index is 10.4. The van der Waals surface area contributed by atoms with E-state index in [9.17, 15) is 4.79 Å². The fraction of sp³-hybridized carbons (Fsp3) is 0.417. The van der Waals surface area contributed by atoms with Crippen LogP contribution in [-0.2, 0) is 9.47 Å². The van der Waals surface area contributed by atoms with Crippen molar-refractivity contribution in [3.8, 4) is 5.75 Å². The zero-order valence-corrected chi connectivity index (χ0v) is 9.43. The molecule has 0 unspecified atom stereocenters. The summed E-state index contributed by atoms with van der Waals surface area (Å²) in [6.45, 7) is 1.61. The van der Waals surface area contributed by atoms with Crippen LogP contribution < -0.4 is 10.5 Å². The minimum Gasteiger partial charge on any atom is -0.468 e. The van der Waals surface area contributed by atoms with Gasteiger partial charge in [-0.15, -0.1) is 0 Å². The van der Waals surface area contributed by atoms with Gasteiger partial charge in [-0.2, -0.15) is 0 Å². The van der Waals surface area contributed by atoms with Gasteiger partial charge in [0.05, 0.1) is 25.4 Å². The molecule has 2 rings (SSSR count). The summed E-state index contributed by atoms with van der Waals surface area (Å²) >= 11 is 0. The third-order valence-corrected chi connectivity index (χ3v) is 2.49. The first-order chi connectivity index (χ1) is 8.22. The lowest BCUT2D eigenvalue weighted by Crippen LogP contribution is -2.60. The molecule has 5 nitrogen and oxygen atoms in total. The zero-order chi connectivity index (χ0) is 12.1. The van der Waals surface area contributed by atoms with Crippen LogP contribution in [0.4, 0.5) is 0 Å². The molecule has 17 heavy (non-hydrogen) atoms. The molecule has 0 saturated carbocycles. The van der Waals surface area contributed by atoms with Gasteiger partial charge in [-0.25, -0.2) is 0 Å². The molecule has 0 aromatic heterocycles. The first-order valence-corrected chi connectivity index (χ1v) is 5.34. The summed E-state index contributed by atoms with van der Waals surface area (Å²) in [4.78, 5) is 10.4. The number of nitrogens with two attached hydrogens (primary N) is 1. The van der Waals surface area contributed by atoms with Crippen molar-refractivity contribution >= 4 is 6.29 Å². The van der Waals surface area contributed by atoms with Crippen molar-refractivity contribution in [1.82, 2.24) is 0 Å². The number of rotatable bonds is 6. The van der Waals surface area contributed by atoms with Crippen LogP contribution in [0.2, 0.25) is 0 Å². The monoisotopic (exact) mass is 237 g/mol. The Labute approximate surface area is 99.5 Å². The Kier molecular flexibility index (Phi) is 3.73. The number of ether oxygens (including phenoxy) is 3. The highest BCUT2D eigenvalue weighted by atomic mass is 16.7. The van der Waals surface area contributed by atoms with Crippen molar-refractivity contribution in [2.75, 3.05) is 26.6 Å². The molecule has 1 aliphatic rings. The van der Waals surface area contributed by atoms with E-state index in [1.807, 2.05) is 0 Å². The predicted molar refractivity (Wildman–Crippen MR) is 61.0 cm³/mol. The molecule has 0 radical (unpaired) electrons. The molecule has 1 aromatic rings. The van der Waals surface area contributed by atoms with E-state index in [0.717, 1.165) is 6.29 Å². The lowest BCUT2D eigenvalue weighted by molar-refractivity contribution is -0.109. The smallest absolute Gasteiger partial charge is 0.189 e. The highest BCUT2D eigenvalue weighted by Gasteiger charge is 2.34. The molecule has 5 heteroatoms. The second-order valence-corrected chi connectivity index (χ2v) is 4.15. The van der Waals surface area contributed by atoms with Crippen molar-refractivity contribution < 1.29 is 19.0 Å². The Hall–Kier alpha value is -1.43. The number of hydrogen-bond acceptors (Lipinski definition) is 5. The second kappa shape index (κ2) is 5.27. The Morgan fingerprint density at radius 2 is 2.06 bits per heavy atom. The Morgan fingerprint density at radius 1 is 1.35 bits per heavy atom. The van der Waals surface area contributed by atoms with Gasteiger partial charge < -0.3 is 19.9 Å². The Balaban J connectivity index is 1.68. The maximum atomic E-state index is 10.4. The van der Waals surface area contributed by atoms with E-state index in [-0.39, 0.29) is 12.3 Å². The SMILES string of the molecule is NC1(COCOc2ccc(C=O)cc2)COC1. The molecule has 0 amide bonds. The fourth-order valence-corrected chi connectivity index (χ4v) is 1.44. The van der Waals surface area contributed by atoms with Gasteiger partial charge in [-0.3, -0.25) is 4.79 Å². The normalized spacial score (nSPS) is 17.2. The summed E-state index contributed by atoms with van der Waals surface area (Å²) in [5.74, 6) is 0.659. The quantitative estimate of drug-likeness (QED) is 0.445. The van der Waals surface area contributed by atoms with E-state index in [4.69, 9.17) is 19.9 Å². The van der Waals surface area contributed by atoms with Crippen LogP contribution in [0.1, 0.15) is 10.4 Å². The molecule has 1 saturated heterocycles. The zero-order valence-electron chi connectivity index (χ0n) is 9.43. The van der Waals surface area contributed by atoms with E-state index < -0.39 is 0 Å². The molecule has 0 bridgehead atoms. The number of aldehydes is 1. The van der Waals surface area contributed by atoms with Gasteiger partial charge in [0.25, 0.3) is 0 Å². The minimum absolute atomic E-state index is 0.138. The first-order valence-electron chi connectivity index (χ1n) is 5.34. The van der Waals surface area contributed by atoms with Gasteiger partial charge >= 0.3 is 0 Å². The van der Waals surface area contributed by atoms with Gasteiger partial charge in [0.15, 0.2) is 6.79 Å². The van der Waals surface area contributed by atoms with Crippen molar-refractivity contribution in [1.29, 1.82) is 0 Å². The number of carbonyl (C=O) groups is 1. The van der Waals surface area contributed by atoms with E-state index in [0.29, 0.717) is 31.1 Å². The molecular weight excluding hydrogens is 222 g/mol. The largest absolute Gasteiger partial charge is 0.468 e. The second-order valence-electron chi connectivity index (χ2n) is 4.15. The molecule has 0 spiro atoms. The van der Waals surface area contributed by atoms with Crippen molar-refractivity contribution in [3.05, 3.63) is 29.8 Å². The van der Waals surface area contributed by atoms with Gasteiger partial charge in [0.1, 0.15) is 12.0 Å². The summed E-state index contributed by atoms with van der Waals surface area (Å²) in [5.41, 5.74) is 6.14. The van der Waals surface area contributed by atoms with Gasteiger partial charge in [-0.05, 0) is 24.3 Å². The average molecular weight is 237 g/mol. The van der Waals surface area contributed by atoms with Gasteiger partial charge in [-0.1, -0.05) is 0 Å². The van der Waals surface area contributed by atoms with Crippen LogP contribution in [0.5, 0.6) is 5.75 Å². The summed E-state index contributed by atoms with van der Waals surface area (Å²) in [6.07, 6.45) is 0.787. The Bertz CT molecular complexity index is 373. The molecule has 0 aliphatic carbocycles. The summed E-state index contributed by atoms with van der Waals surface area (Å²) in [7, 11) is 0. The maximum Gasteiger partial charge on any atom is 0.189 e. The molecular formula is C12H15NO4. The van der Waals surface area contributed by atoms with Crippen LogP contribution in [0.3, 0.4) is 0 Å². The number of hydrogen-bond donors (Lipinski definition) is 1. The third kappa shape index (κ3) is 3.26. The molecule has 1 heterocycles. The number of benzene rings is 1. The molecule has 1 aromatic carbocycles. The van der Waals surface area contributed by atoms with Crippen LogP contribution in [0, 0.1) is 0 Å². The van der Waals surface area contributed by atoms with Crippen molar-refractivity contribution in [2.24, 2.45) is 5.73 Å². The lowest BCUT2D eigenvalue weighted by Gasteiger charge is -2.37. The van der Waals surface area contributed by atoms with E-state index >= 15 is 0 Å². The highest BCUT2D eigenvalue weighted by Crippen LogP contribution is 2.14. The highest BCUT2D eigenvalue weighted by molar-refractivity contribution is 5.74. The topological polar surface area (TPSA) is 70.8 Å². The number of carbonyl (C=O) groups excluding carboxylic acids is 1. The molecule has 0 atom stereocenters. The van der Waals surface area contributed by atoms with Crippen LogP contribution >= 0.6 is 0 Å². The minimum atomic E-state index is -0.356.